The van der Waals surface area contributed by atoms with Crippen molar-refractivity contribution in [3.8, 4) is 0 Å². The smallest absolute Gasteiger partial charge is 0.191 e. The van der Waals surface area contributed by atoms with Crippen molar-refractivity contribution in [2.75, 3.05) is 31.1 Å². The van der Waals surface area contributed by atoms with Gasteiger partial charge in [0.1, 0.15) is 5.82 Å². The third-order valence-corrected chi connectivity index (χ3v) is 4.87. The summed E-state index contributed by atoms with van der Waals surface area (Å²) in [5, 5.41) is 6.72. The van der Waals surface area contributed by atoms with Gasteiger partial charge in [-0.05, 0) is 44.4 Å². The first-order valence-electron chi connectivity index (χ1n) is 10.6. The topological polar surface area (TPSA) is 61.8 Å². The number of nitrogens with zero attached hydrogens (tertiary/aromatic N) is 3. The summed E-state index contributed by atoms with van der Waals surface area (Å²) in [5.41, 5.74) is 2.42. The molecular formula is C23H34IN5O. The summed E-state index contributed by atoms with van der Waals surface area (Å²) in [6.45, 7) is 10.3. The predicted molar refractivity (Wildman–Crippen MR) is 135 cm³/mol. The number of morpholine rings is 1. The van der Waals surface area contributed by atoms with E-state index in [0.717, 1.165) is 49.9 Å². The average molecular weight is 523 g/mol. The zero-order valence-corrected chi connectivity index (χ0v) is 20.5. The van der Waals surface area contributed by atoms with Crippen LogP contribution in [0, 0.1) is 0 Å². The van der Waals surface area contributed by atoms with E-state index in [-0.39, 0.29) is 36.2 Å². The minimum atomic E-state index is 0. The highest BCUT2D eigenvalue weighted by Crippen LogP contribution is 2.18. The van der Waals surface area contributed by atoms with Crippen molar-refractivity contribution in [2.45, 2.75) is 45.9 Å². The van der Waals surface area contributed by atoms with Crippen LogP contribution in [-0.4, -0.2) is 49.3 Å². The molecule has 2 heterocycles. The number of guanidine groups is 1. The third-order valence-electron chi connectivity index (χ3n) is 4.87. The third kappa shape index (κ3) is 7.75. The molecule has 0 radical (unpaired) electrons. The molecule has 0 aliphatic carbocycles. The number of hydrogen-bond acceptors (Lipinski definition) is 4. The van der Waals surface area contributed by atoms with Gasteiger partial charge in [0.2, 0.25) is 0 Å². The van der Waals surface area contributed by atoms with E-state index in [1.54, 1.807) is 0 Å². The van der Waals surface area contributed by atoms with Gasteiger partial charge in [-0.25, -0.2) is 9.98 Å². The van der Waals surface area contributed by atoms with Gasteiger partial charge in [-0.15, -0.1) is 24.0 Å². The van der Waals surface area contributed by atoms with E-state index < -0.39 is 0 Å². The van der Waals surface area contributed by atoms with Gasteiger partial charge in [0.25, 0.3) is 0 Å². The minimum Gasteiger partial charge on any atom is -0.372 e. The normalized spacial score (nSPS) is 19.2. The van der Waals surface area contributed by atoms with Crippen LogP contribution in [0.5, 0.6) is 0 Å². The van der Waals surface area contributed by atoms with Crippen LogP contribution in [0.15, 0.2) is 53.7 Å². The molecule has 2 unspecified atom stereocenters. The zero-order chi connectivity index (χ0) is 20.5. The van der Waals surface area contributed by atoms with Crippen LogP contribution in [0.4, 0.5) is 5.82 Å². The average Bonchev–Trinajstić information content (AvgIpc) is 2.72. The van der Waals surface area contributed by atoms with Crippen LogP contribution in [-0.2, 0) is 17.7 Å². The van der Waals surface area contributed by atoms with E-state index in [9.17, 15) is 0 Å². The number of rotatable bonds is 7. The molecule has 2 N–H and O–H groups in total. The van der Waals surface area contributed by atoms with E-state index in [1.807, 2.05) is 12.3 Å². The molecule has 1 aromatic heterocycles. The van der Waals surface area contributed by atoms with Crippen LogP contribution in [0.2, 0.25) is 0 Å². The molecule has 0 saturated carbocycles. The second-order valence-electron chi connectivity index (χ2n) is 7.54. The Labute approximate surface area is 197 Å². The van der Waals surface area contributed by atoms with Gasteiger partial charge in [0.05, 0.1) is 18.8 Å². The first-order valence-corrected chi connectivity index (χ1v) is 10.6. The number of ether oxygens (including phenoxy) is 1. The lowest BCUT2D eigenvalue weighted by molar-refractivity contribution is -0.00545. The van der Waals surface area contributed by atoms with Crippen LogP contribution >= 0.6 is 24.0 Å². The first kappa shape index (κ1) is 24.4. The number of pyridine rings is 1. The fourth-order valence-corrected chi connectivity index (χ4v) is 3.54. The molecule has 2 aromatic rings. The summed E-state index contributed by atoms with van der Waals surface area (Å²) in [6, 6.07) is 14.7. The highest BCUT2D eigenvalue weighted by Gasteiger charge is 2.22. The van der Waals surface area contributed by atoms with Gasteiger partial charge in [-0.1, -0.05) is 36.4 Å². The second-order valence-corrected chi connectivity index (χ2v) is 7.54. The van der Waals surface area contributed by atoms with Crippen LogP contribution < -0.4 is 15.5 Å². The van der Waals surface area contributed by atoms with Gasteiger partial charge in [-0.3, -0.25) is 0 Å². The molecule has 2 atom stereocenters. The molecule has 30 heavy (non-hydrogen) atoms. The maximum absolute atomic E-state index is 5.81. The molecule has 0 spiro atoms. The van der Waals surface area contributed by atoms with Gasteiger partial charge >= 0.3 is 0 Å². The molecular weight excluding hydrogens is 489 g/mol. The van der Waals surface area contributed by atoms with E-state index in [1.165, 1.54) is 5.56 Å². The molecule has 1 fully saturated rings. The summed E-state index contributed by atoms with van der Waals surface area (Å²) in [4.78, 5) is 11.7. The quantitative estimate of drug-likeness (QED) is 0.330. The van der Waals surface area contributed by atoms with Crippen LogP contribution in [0.3, 0.4) is 0 Å². The summed E-state index contributed by atoms with van der Waals surface area (Å²) in [5.74, 6) is 1.84. The molecule has 1 aliphatic heterocycles. The minimum absolute atomic E-state index is 0. The van der Waals surface area contributed by atoms with Crippen molar-refractivity contribution >= 4 is 35.8 Å². The Morgan fingerprint density at radius 2 is 1.80 bits per heavy atom. The van der Waals surface area contributed by atoms with Crippen LogP contribution in [0.25, 0.3) is 0 Å². The molecule has 164 valence electrons. The maximum atomic E-state index is 5.81. The molecule has 3 rings (SSSR count). The highest BCUT2D eigenvalue weighted by atomic mass is 127. The van der Waals surface area contributed by atoms with Crippen molar-refractivity contribution < 1.29 is 4.74 Å². The molecule has 0 amide bonds. The summed E-state index contributed by atoms with van der Waals surface area (Å²) in [6.07, 6.45) is 3.36. The lowest BCUT2D eigenvalue weighted by Crippen LogP contribution is -2.45. The number of aromatic nitrogens is 1. The number of anilines is 1. The van der Waals surface area contributed by atoms with Crippen molar-refractivity contribution in [2.24, 2.45) is 4.99 Å². The molecule has 7 heteroatoms. The molecule has 1 saturated heterocycles. The van der Waals surface area contributed by atoms with E-state index in [0.29, 0.717) is 6.54 Å². The van der Waals surface area contributed by atoms with Crippen LogP contribution in [0.1, 0.15) is 31.9 Å². The van der Waals surface area contributed by atoms with Crippen molar-refractivity contribution in [3.05, 3.63) is 59.8 Å². The van der Waals surface area contributed by atoms with Crippen molar-refractivity contribution in [1.29, 1.82) is 0 Å². The Hall–Kier alpha value is -1.87. The largest absolute Gasteiger partial charge is 0.372 e. The zero-order valence-electron chi connectivity index (χ0n) is 18.2. The molecule has 1 aromatic carbocycles. The van der Waals surface area contributed by atoms with Crippen molar-refractivity contribution in [1.82, 2.24) is 15.6 Å². The fraction of sp³-hybridized carbons (Fsp3) is 0.478. The highest BCUT2D eigenvalue weighted by molar-refractivity contribution is 14.0. The number of benzene rings is 1. The number of aliphatic imine (C=N–C) groups is 1. The number of nitrogens with one attached hydrogen (secondary N) is 2. The van der Waals surface area contributed by atoms with E-state index >= 15 is 0 Å². The van der Waals surface area contributed by atoms with Gasteiger partial charge in [0, 0.05) is 32.4 Å². The maximum Gasteiger partial charge on any atom is 0.191 e. The fourth-order valence-electron chi connectivity index (χ4n) is 3.54. The SMILES string of the molecule is CCNC(=NCc1ccc(N2CC(C)OC(C)C2)nc1)NCCc1ccccc1.I. The summed E-state index contributed by atoms with van der Waals surface area (Å²) >= 11 is 0. The first-order chi connectivity index (χ1) is 14.1. The Kier molecular flexibility index (Phi) is 10.4. The van der Waals surface area contributed by atoms with E-state index in [4.69, 9.17) is 9.73 Å². The van der Waals surface area contributed by atoms with Gasteiger partial charge in [0.15, 0.2) is 5.96 Å². The summed E-state index contributed by atoms with van der Waals surface area (Å²) in [7, 11) is 0. The Balaban J connectivity index is 0.00000320. The molecule has 0 bridgehead atoms. The summed E-state index contributed by atoms with van der Waals surface area (Å²) < 4.78 is 5.81. The molecule has 1 aliphatic rings. The second kappa shape index (κ2) is 12.7. The lowest BCUT2D eigenvalue weighted by atomic mass is 10.1. The lowest BCUT2D eigenvalue weighted by Gasteiger charge is -2.36. The number of hydrogen-bond donors (Lipinski definition) is 2. The van der Waals surface area contributed by atoms with Crippen molar-refractivity contribution in [3.63, 3.8) is 0 Å². The monoisotopic (exact) mass is 523 g/mol. The van der Waals surface area contributed by atoms with Gasteiger partial charge < -0.3 is 20.3 Å². The Morgan fingerprint density at radius 1 is 1.07 bits per heavy atom. The van der Waals surface area contributed by atoms with Gasteiger partial charge in [-0.2, -0.15) is 0 Å². The number of halogens is 1. The molecule has 6 nitrogen and oxygen atoms in total. The Bertz CT molecular complexity index is 759. The standard InChI is InChI=1S/C23H33N5O.HI/c1-4-24-23(25-13-12-20-8-6-5-7-9-20)27-15-21-10-11-22(26-14-21)28-16-18(2)29-19(3)17-28;/h5-11,14,18-19H,4,12-13,15-17H2,1-3H3,(H2,24,25,27);1H. The predicted octanol–water partition coefficient (Wildman–Crippen LogP) is 3.61. The van der Waals surface area contributed by atoms with E-state index in [2.05, 4.69) is 77.7 Å². The Morgan fingerprint density at radius 3 is 2.43 bits per heavy atom.